The van der Waals surface area contributed by atoms with Crippen LogP contribution in [0.15, 0.2) is 34.4 Å². The number of nitrogens with zero attached hydrogens (tertiary/aromatic N) is 3. The zero-order chi connectivity index (χ0) is 20.5. The Kier molecular flexibility index (Phi) is 5.31. The maximum atomic E-state index is 12.8. The number of hydrogen-bond acceptors (Lipinski definition) is 7. The Morgan fingerprint density at radius 2 is 2.10 bits per heavy atom. The molecule has 1 aromatic carbocycles. The first-order valence-electron chi connectivity index (χ1n) is 9.35. The van der Waals surface area contributed by atoms with E-state index >= 15 is 0 Å². The molecule has 2 amide bonds. The number of rotatable bonds is 6. The van der Waals surface area contributed by atoms with E-state index in [1.807, 2.05) is 31.2 Å². The van der Waals surface area contributed by atoms with E-state index < -0.39 is 6.04 Å². The maximum Gasteiger partial charge on any atom is 0.274 e. The summed E-state index contributed by atoms with van der Waals surface area (Å²) in [7, 11) is 1.62. The predicted molar refractivity (Wildman–Crippen MR) is 108 cm³/mol. The Hall–Kier alpha value is -2.81. The van der Waals surface area contributed by atoms with Gasteiger partial charge in [0.15, 0.2) is 5.82 Å². The monoisotopic (exact) mass is 414 g/mol. The number of thioether (sulfide) groups is 1. The molecule has 9 heteroatoms. The van der Waals surface area contributed by atoms with Crippen LogP contribution in [-0.4, -0.2) is 51.1 Å². The summed E-state index contributed by atoms with van der Waals surface area (Å²) in [5, 5.41) is 6.55. The average Bonchev–Trinajstić information content (AvgIpc) is 3.16. The highest BCUT2D eigenvalue weighted by Crippen LogP contribution is 2.43. The molecule has 0 spiro atoms. The molecule has 4 rings (SSSR count). The van der Waals surface area contributed by atoms with Gasteiger partial charge in [0.1, 0.15) is 22.9 Å². The van der Waals surface area contributed by atoms with Crippen LogP contribution in [0.5, 0.6) is 5.75 Å². The Morgan fingerprint density at radius 3 is 2.76 bits per heavy atom. The molecule has 0 saturated carbocycles. The molecule has 152 valence electrons. The van der Waals surface area contributed by atoms with E-state index in [4.69, 9.17) is 9.26 Å². The average molecular weight is 414 g/mol. The number of fused-ring (bicyclic) bond motifs is 1. The number of carbonyl (C=O) groups excluding carboxylic acids is 2. The van der Waals surface area contributed by atoms with E-state index in [1.165, 1.54) is 0 Å². The third-order valence-corrected chi connectivity index (χ3v) is 6.43. The first-order chi connectivity index (χ1) is 14.0. The number of aryl methyl sites for hydroxylation is 2. The molecule has 0 radical (unpaired) electrons. The summed E-state index contributed by atoms with van der Waals surface area (Å²) < 4.78 is 10.4. The van der Waals surface area contributed by atoms with Gasteiger partial charge in [0.2, 0.25) is 5.91 Å². The first-order valence-corrected chi connectivity index (χ1v) is 10.4. The smallest absolute Gasteiger partial charge is 0.274 e. The number of carbonyl (C=O) groups is 2. The molecule has 1 fully saturated rings. The molecule has 1 saturated heterocycles. The number of hydrogen-bond donors (Lipinski definition) is 1. The number of methoxy groups -OCH3 is 1. The van der Waals surface area contributed by atoms with Crippen molar-refractivity contribution in [1.29, 1.82) is 0 Å². The fourth-order valence-corrected chi connectivity index (χ4v) is 4.76. The lowest BCUT2D eigenvalue weighted by molar-refractivity contribution is -0.144. The highest BCUT2D eigenvalue weighted by atomic mass is 32.2. The lowest BCUT2D eigenvalue weighted by atomic mass is 10.0. The standard InChI is InChI=1S/C20H22N4O4S/c1-11-10-29-20-16(19(26)24(20)17(11)18-21-12(2)23-28-18)22-15(25)9-6-13-4-7-14(27-3)8-5-13/h4-5,7-8,16,20H,6,9-10H2,1-3H3,(H,22,25)/t16-,20-/m1/s1. The van der Waals surface area contributed by atoms with Crippen molar-refractivity contribution < 1.29 is 18.8 Å². The van der Waals surface area contributed by atoms with Gasteiger partial charge in [-0.1, -0.05) is 17.3 Å². The van der Waals surface area contributed by atoms with Crippen molar-refractivity contribution in [3.63, 3.8) is 0 Å². The molecule has 1 N–H and O–H groups in total. The maximum absolute atomic E-state index is 12.8. The number of amides is 2. The van der Waals surface area contributed by atoms with Gasteiger partial charge in [0, 0.05) is 12.2 Å². The topological polar surface area (TPSA) is 97.6 Å². The van der Waals surface area contributed by atoms with Crippen molar-refractivity contribution >= 4 is 29.3 Å². The lowest BCUT2D eigenvalue weighted by Gasteiger charge is -2.49. The third kappa shape index (κ3) is 3.74. The number of aromatic nitrogens is 2. The molecule has 29 heavy (non-hydrogen) atoms. The van der Waals surface area contributed by atoms with Crippen LogP contribution in [0, 0.1) is 6.92 Å². The number of ether oxygens (including phenoxy) is 1. The van der Waals surface area contributed by atoms with E-state index in [-0.39, 0.29) is 17.2 Å². The highest BCUT2D eigenvalue weighted by molar-refractivity contribution is 8.00. The summed E-state index contributed by atoms with van der Waals surface area (Å²) in [5.74, 6) is 2.10. The van der Waals surface area contributed by atoms with E-state index in [1.54, 1.807) is 30.7 Å². The van der Waals surface area contributed by atoms with Crippen molar-refractivity contribution in [2.75, 3.05) is 12.9 Å². The summed E-state index contributed by atoms with van der Waals surface area (Å²) in [6.45, 7) is 3.69. The molecule has 2 aromatic rings. The molecule has 8 nitrogen and oxygen atoms in total. The van der Waals surface area contributed by atoms with Crippen LogP contribution in [-0.2, 0) is 16.0 Å². The summed E-state index contributed by atoms with van der Waals surface area (Å²) in [6, 6.07) is 7.08. The molecule has 0 bridgehead atoms. The van der Waals surface area contributed by atoms with Gasteiger partial charge in [0.05, 0.1) is 7.11 Å². The quantitative estimate of drug-likeness (QED) is 0.723. The van der Waals surface area contributed by atoms with Gasteiger partial charge < -0.3 is 14.6 Å². The van der Waals surface area contributed by atoms with Crippen molar-refractivity contribution in [2.45, 2.75) is 38.1 Å². The molecule has 0 aliphatic carbocycles. The fraction of sp³-hybridized carbons (Fsp3) is 0.400. The van der Waals surface area contributed by atoms with Crippen LogP contribution in [0.4, 0.5) is 0 Å². The molecule has 2 aliphatic heterocycles. The van der Waals surface area contributed by atoms with Crippen LogP contribution >= 0.6 is 11.8 Å². The Labute approximate surface area is 172 Å². The van der Waals surface area contributed by atoms with Crippen LogP contribution in [0.1, 0.15) is 30.6 Å². The van der Waals surface area contributed by atoms with Crippen LogP contribution in [0.2, 0.25) is 0 Å². The highest BCUT2D eigenvalue weighted by Gasteiger charge is 2.53. The van der Waals surface area contributed by atoms with E-state index in [9.17, 15) is 9.59 Å². The molecular weight excluding hydrogens is 392 g/mol. The van der Waals surface area contributed by atoms with Crippen molar-refractivity contribution in [3.05, 3.63) is 47.1 Å². The van der Waals surface area contributed by atoms with E-state index in [0.717, 1.165) is 22.6 Å². The number of β-lactam (4-membered cyclic amide) rings is 1. The molecular formula is C20H22N4O4S. The van der Waals surface area contributed by atoms with Gasteiger partial charge in [-0.2, -0.15) is 4.98 Å². The van der Waals surface area contributed by atoms with Gasteiger partial charge >= 0.3 is 0 Å². The molecule has 0 unspecified atom stereocenters. The van der Waals surface area contributed by atoms with Crippen molar-refractivity contribution in [3.8, 4) is 5.75 Å². The third-order valence-electron chi connectivity index (χ3n) is 5.01. The van der Waals surface area contributed by atoms with Gasteiger partial charge in [-0.25, -0.2) is 0 Å². The van der Waals surface area contributed by atoms with Gasteiger partial charge in [-0.15, -0.1) is 11.8 Å². The molecule has 1 aromatic heterocycles. The van der Waals surface area contributed by atoms with Gasteiger partial charge in [-0.05, 0) is 43.5 Å². The second-order valence-corrected chi connectivity index (χ2v) is 8.18. The van der Waals surface area contributed by atoms with Crippen LogP contribution < -0.4 is 10.1 Å². The Balaban J connectivity index is 1.37. The zero-order valence-electron chi connectivity index (χ0n) is 16.5. The largest absolute Gasteiger partial charge is 0.497 e. The summed E-state index contributed by atoms with van der Waals surface area (Å²) >= 11 is 1.63. The lowest BCUT2D eigenvalue weighted by Crippen LogP contribution is -2.69. The fourth-order valence-electron chi connectivity index (χ4n) is 3.46. The van der Waals surface area contributed by atoms with E-state index in [0.29, 0.717) is 30.3 Å². The molecule has 2 atom stereocenters. The predicted octanol–water partition coefficient (Wildman–Crippen LogP) is 2.15. The van der Waals surface area contributed by atoms with Gasteiger partial charge in [-0.3, -0.25) is 14.5 Å². The van der Waals surface area contributed by atoms with Crippen molar-refractivity contribution in [2.24, 2.45) is 0 Å². The first kappa shape index (κ1) is 19.5. The Morgan fingerprint density at radius 1 is 1.34 bits per heavy atom. The Bertz CT molecular complexity index is 969. The minimum absolute atomic E-state index is 0.138. The minimum atomic E-state index is -0.532. The van der Waals surface area contributed by atoms with Crippen molar-refractivity contribution in [1.82, 2.24) is 20.4 Å². The second-order valence-electron chi connectivity index (χ2n) is 7.08. The SMILES string of the molecule is COc1ccc(CCC(=O)N[C@@H]2C(=O)N3C(c4nc(C)no4)=C(C)CS[C@H]23)cc1. The number of benzene rings is 1. The normalized spacial score (nSPS) is 20.9. The van der Waals surface area contributed by atoms with E-state index in [2.05, 4.69) is 15.5 Å². The summed E-state index contributed by atoms with van der Waals surface area (Å²) in [5.41, 5.74) is 2.72. The molecule has 2 aliphatic rings. The second kappa shape index (κ2) is 7.90. The van der Waals surface area contributed by atoms with Gasteiger partial charge in [0.25, 0.3) is 11.8 Å². The van der Waals surface area contributed by atoms with Crippen LogP contribution in [0.25, 0.3) is 5.70 Å². The van der Waals surface area contributed by atoms with Crippen LogP contribution in [0.3, 0.4) is 0 Å². The summed E-state index contributed by atoms with van der Waals surface area (Å²) in [4.78, 5) is 31.1. The minimum Gasteiger partial charge on any atom is -0.497 e. The zero-order valence-corrected chi connectivity index (χ0v) is 17.3. The molecule has 3 heterocycles. The number of nitrogens with one attached hydrogen (secondary N) is 1. The summed E-state index contributed by atoms with van der Waals surface area (Å²) in [6.07, 6.45) is 0.919.